The van der Waals surface area contributed by atoms with Gasteiger partial charge in [-0.2, -0.15) is 4.98 Å². The van der Waals surface area contributed by atoms with Crippen LogP contribution in [-0.4, -0.2) is 48.6 Å². The lowest BCUT2D eigenvalue weighted by molar-refractivity contribution is 0.395. The second-order valence-electron chi connectivity index (χ2n) is 5.02. The number of aryl methyl sites for hydroxylation is 1. The molecule has 1 saturated heterocycles. The van der Waals surface area contributed by atoms with Gasteiger partial charge >= 0.3 is 0 Å². The zero-order valence-corrected chi connectivity index (χ0v) is 10.8. The largest absolute Gasteiger partial charge is 0.368 e. The molecule has 1 aromatic heterocycles. The standard InChI is InChI=1S/C12H21N5/c1-9-6-11(15-12(13)14-9)17(3)8-10-4-5-16(2)7-10/h6,10H,4-5,7-8H2,1-3H3,(H2,13,14,15). The third-order valence-corrected chi connectivity index (χ3v) is 3.27. The Bertz CT molecular complexity index is 372. The Kier molecular flexibility index (Phi) is 3.47. The van der Waals surface area contributed by atoms with E-state index in [2.05, 4.69) is 33.9 Å². The highest BCUT2D eigenvalue weighted by Gasteiger charge is 2.21. The van der Waals surface area contributed by atoms with E-state index in [1.165, 1.54) is 19.5 Å². The molecule has 5 heteroatoms. The number of hydrogen-bond donors (Lipinski definition) is 1. The third kappa shape index (κ3) is 3.06. The molecule has 0 spiro atoms. The monoisotopic (exact) mass is 235 g/mol. The predicted octanol–water partition coefficient (Wildman–Crippen LogP) is 0.755. The molecule has 1 aliphatic heterocycles. The summed E-state index contributed by atoms with van der Waals surface area (Å²) >= 11 is 0. The van der Waals surface area contributed by atoms with Gasteiger partial charge in [0.15, 0.2) is 0 Å². The molecule has 0 radical (unpaired) electrons. The molecule has 1 atom stereocenters. The summed E-state index contributed by atoms with van der Waals surface area (Å²) in [7, 11) is 4.24. The van der Waals surface area contributed by atoms with Crippen molar-refractivity contribution in [3.8, 4) is 0 Å². The molecule has 2 N–H and O–H groups in total. The van der Waals surface area contributed by atoms with Crippen molar-refractivity contribution >= 4 is 11.8 Å². The van der Waals surface area contributed by atoms with Gasteiger partial charge in [-0.15, -0.1) is 0 Å². The minimum absolute atomic E-state index is 0.357. The Hall–Kier alpha value is -1.36. The van der Waals surface area contributed by atoms with Crippen molar-refractivity contribution in [2.24, 2.45) is 5.92 Å². The summed E-state index contributed by atoms with van der Waals surface area (Å²) in [4.78, 5) is 12.9. The van der Waals surface area contributed by atoms with E-state index in [0.717, 1.165) is 24.0 Å². The molecule has 1 fully saturated rings. The van der Waals surface area contributed by atoms with Crippen LogP contribution in [0.25, 0.3) is 0 Å². The molecule has 0 bridgehead atoms. The van der Waals surface area contributed by atoms with Crippen LogP contribution in [-0.2, 0) is 0 Å². The van der Waals surface area contributed by atoms with Crippen LogP contribution in [0.3, 0.4) is 0 Å². The molecule has 0 aromatic carbocycles. The van der Waals surface area contributed by atoms with Gasteiger partial charge in [0.1, 0.15) is 5.82 Å². The van der Waals surface area contributed by atoms with E-state index in [0.29, 0.717) is 5.95 Å². The van der Waals surface area contributed by atoms with Gasteiger partial charge in [-0.3, -0.25) is 0 Å². The molecule has 17 heavy (non-hydrogen) atoms. The summed E-state index contributed by atoms with van der Waals surface area (Å²) < 4.78 is 0. The molecule has 5 nitrogen and oxygen atoms in total. The average Bonchev–Trinajstić information content (AvgIpc) is 2.62. The predicted molar refractivity (Wildman–Crippen MR) is 70.1 cm³/mol. The fraction of sp³-hybridized carbons (Fsp3) is 0.667. The van der Waals surface area contributed by atoms with Crippen LogP contribution in [0.2, 0.25) is 0 Å². The summed E-state index contributed by atoms with van der Waals surface area (Å²) in [5, 5.41) is 0. The van der Waals surface area contributed by atoms with Crippen molar-refractivity contribution in [1.29, 1.82) is 0 Å². The maximum atomic E-state index is 5.67. The normalized spacial score (nSPS) is 20.8. The first-order valence-electron chi connectivity index (χ1n) is 6.05. The number of nitrogen functional groups attached to an aromatic ring is 1. The molecule has 1 aromatic rings. The average molecular weight is 235 g/mol. The molecule has 1 aliphatic rings. The second kappa shape index (κ2) is 4.87. The van der Waals surface area contributed by atoms with Gasteiger partial charge in [-0.25, -0.2) is 4.98 Å². The lowest BCUT2D eigenvalue weighted by Crippen LogP contribution is -2.28. The highest BCUT2D eigenvalue weighted by molar-refractivity contribution is 5.42. The van der Waals surface area contributed by atoms with Crippen molar-refractivity contribution in [1.82, 2.24) is 14.9 Å². The highest BCUT2D eigenvalue weighted by atomic mass is 15.2. The number of hydrogen-bond acceptors (Lipinski definition) is 5. The number of nitrogens with zero attached hydrogens (tertiary/aromatic N) is 4. The number of nitrogens with two attached hydrogens (primary N) is 1. The summed E-state index contributed by atoms with van der Waals surface area (Å²) in [5.41, 5.74) is 6.59. The topological polar surface area (TPSA) is 58.3 Å². The smallest absolute Gasteiger partial charge is 0.222 e. The van der Waals surface area contributed by atoms with Crippen LogP contribution in [0.5, 0.6) is 0 Å². The maximum Gasteiger partial charge on any atom is 0.222 e. The first-order valence-corrected chi connectivity index (χ1v) is 6.05. The lowest BCUT2D eigenvalue weighted by Gasteiger charge is -2.22. The van der Waals surface area contributed by atoms with Crippen LogP contribution in [0.4, 0.5) is 11.8 Å². The van der Waals surface area contributed by atoms with Gasteiger partial charge in [0.25, 0.3) is 0 Å². The third-order valence-electron chi connectivity index (χ3n) is 3.27. The summed E-state index contributed by atoms with van der Waals surface area (Å²) in [5.74, 6) is 2.00. The molecule has 0 saturated carbocycles. The Balaban J connectivity index is 2.01. The highest BCUT2D eigenvalue weighted by Crippen LogP contribution is 2.19. The minimum Gasteiger partial charge on any atom is -0.368 e. The number of likely N-dealkylation sites (tertiary alicyclic amines) is 1. The Labute approximate surface area is 103 Å². The molecule has 94 valence electrons. The van der Waals surface area contributed by atoms with E-state index in [4.69, 9.17) is 5.73 Å². The van der Waals surface area contributed by atoms with Crippen LogP contribution in [0, 0.1) is 12.8 Å². The maximum absolute atomic E-state index is 5.67. The van der Waals surface area contributed by atoms with E-state index in [9.17, 15) is 0 Å². The van der Waals surface area contributed by atoms with Gasteiger partial charge in [0.05, 0.1) is 0 Å². The van der Waals surface area contributed by atoms with Crippen LogP contribution in [0.15, 0.2) is 6.07 Å². The fourth-order valence-corrected chi connectivity index (χ4v) is 2.43. The molecule has 2 heterocycles. The first-order chi connectivity index (χ1) is 8.04. The quantitative estimate of drug-likeness (QED) is 0.838. The molecular weight excluding hydrogens is 214 g/mol. The Morgan fingerprint density at radius 3 is 2.88 bits per heavy atom. The SMILES string of the molecule is Cc1cc(N(C)CC2CCN(C)C2)nc(N)n1. The van der Waals surface area contributed by atoms with Gasteiger partial charge in [-0.1, -0.05) is 0 Å². The zero-order valence-electron chi connectivity index (χ0n) is 10.8. The molecule has 0 amide bonds. The first kappa shape index (κ1) is 12.1. The summed E-state index contributed by atoms with van der Waals surface area (Å²) in [6.45, 7) is 5.34. The van der Waals surface area contributed by atoms with Crippen LogP contribution >= 0.6 is 0 Å². The molecule has 0 aliphatic carbocycles. The Morgan fingerprint density at radius 1 is 1.53 bits per heavy atom. The van der Waals surface area contributed by atoms with E-state index in [1.807, 2.05) is 13.0 Å². The number of anilines is 2. The van der Waals surface area contributed by atoms with Crippen molar-refractivity contribution in [2.75, 3.05) is 44.4 Å². The fourth-order valence-electron chi connectivity index (χ4n) is 2.43. The number of aromatic nitrogens is 2. The molecular formula is C12H21N5. The van der Waals surface area contributed by atoms with Crippen LogP contribution in [0.1, 0.15) is 12.1 Å². The van der Waals surface area contributed by atoms with Gasteiger partial charge in [0.2, 0.25) is 5.95 Å². The minimum atomic E-state index is 0.357. The van der Waals surface area contributed by atoms with Crippen molar-refractivity contribution in [2.45, 2.75) is 13.3 Å². The zero-order chi connectivity index (χ0) is 12.4. The van der Waals surface area contributed by atoms with E-state index >= 15 is 0 Å². The van der Waals surface area contributed by atoms with Crippen molar-refractivity contribution in [3.05, 3.63) is 11.8 Å². The summed E-state index contributed by atoms with van der Waals surface area (Å²) in [6, 6.07) is 1.98. The Morgan fingerprint density at radius 2 is 2.29 bits per heavy atom. The van der Waals surface area contributed by atoms with E-state index < -0.39 is 0 Å². The van der Waals surface area contributed by atoms with Gasteiger partial charge in [-0.05, 0) is 32.9 Å². The van der Waals surface area contributed by atoms with Crippen molar-refractivity contribution in [3.63, 3.8) is 0 Å². The lowest BCUT2D eigenvalue weighted by atomic mass is 10.1. The summed E-state index contributed by atoms with van der Waals surface area (Å²) in [6.07, 6.45) is 1.26. The second-order valence-corrected chi connectivity index (χ2v) is 5.02. The van der Waals surface area contributed by atoms with Crippen LogP contribution < -0.4 is 10.6 Å². The molecule has 2 rings (SSSR count). The van der Waals surface area contributed by atoms with Gasteiger partial charge in [0, 0.05) is 31.9 Å². The number of rotatable bonds is 3. The molecule has 1 unspecified atom stereocenters. The van der Waals surface area contributed by atoms with Gasteiger partial charge < -0.3 is 15.5 Å². The van der Waals surface area contributed by atoms with E-state index in [1.54, 1.807) is 0 Å². The van der Waals surface area contributed by atoms with E-state index in [-0.39, 0.29) is 0 Å². The van der Waals surface area contributed by atoms with Crippen molar-refractivity contribution < 1.29 is 0 Å².